The fourth-order valence-corrected chi connectivity index (χ4v) is 5.71. The van der Waals surface area contributed by atoms with Crippen LogP contribution in [-0.2, 0) is 9.59 Å². The first-order chi connectivity index (χ1) is 18.4. The van der Waals surface area contributed by atoms with Gasteiger partial charge in [-0.15, -0.1) is 0 Å². The maximum Gasteiger partial charge on any atom is 0.301 e. The van der Waals surface area contributed by atoms with Crippen molar-refractivity contribution in [3.05, 3.63) is 82.9 Å². The lowest BCUT2D eigenvalue weighted by molar-refractivity contribution is -0.132. The maximum absolute atomic E-state index is 13.5. The third kappa shape index (κ3) is 4.05. The lowest BCUT2D eigenvalue weighted by Crippen LogP contribution is -2.29. The van der Waals surface area contributed by atoms with Crippen LogP contribution in [0.15, 0.2) is 66.2 Å². The number of nitrogens with zero attached hydrogens (tertiary/aromatic N) is 2. The standard InChI is InChI=1S/C29H24N2O6S/c1-3-35-19-9-10-20-23(15-19)38-29(30-20)31-25(17-6-4-16(2)5-7-17)24(27(33)28(31)34)26(32)18-8-11-21-22(14-18)37-13-12-36-21/h4-11,14-15,25,32H,3,12-13H2,1-2H3/b26-24+. The Morgan fingerprint density at radius 3 is 2.58 bits per heavy atom. The van der Waals surface area contributed by atoms with Gasteiger partial charge in [-0.1, -0.05) is 41.2 Å². The minimum Gasteiger partial charge on any atom is -0.507 e. The van der Waals surface area contributed by atoms with Crippen molar-refractivity contribution >= 4 is 44.1 Å². The molecule has 1 unspecified atom stereocenters. The smallest absolute Gasteiger partial charge is 0.301 e. The topological polar surface area (TPSA) is 98.2 Å². The third-order valence-electron chi connectivity index (χ3n) is 6.52. The number of Topliss-reactive ketones (excluding diaryl/α,β-unsaturated/α-hetero) is 1. The average molecular weight is 529 g/mol. The summed E-state index contributed by atoms with van der Waals surface area (Å²) in [6.07, 6.45) is 0. The van der Waals surface area contributed by atoms with Crippen molar-refractivity contribution in [2.45, 2.75) is 19.9 Å². The number of carbonyl (C=O) groups is 2. The predicted octanol–water partition coefficient (Wildman–Crippen LogP) is 5.40. The van der Waals surface area contributed by atoms with Crippen molar-refractivity contribution in [2.24, 2.45) is 0 Å². The Kier molecular flexibility index (Phi) is 6.00. The number of hydrogen-bond donors (Lipinski definition) is 1. The van der Waals surface area contributed by atoms with E-state index in [1.54, 1.807) is 18.2 Å². The second kappa shape index (κ2) is 9.50. The van der Waals surface area contributed by atoms with Crippen LogP contribution in [0.2, 0.25) is 0 Å². The zero-order valence-electron chi connectivity index (χ0n) is 20.8. The molecule has 3 heterocycles. The molecule has 2 aliphatic rings. The van der Waals surface area contributed by atoms with E-state index in [4.69, 9.17) is 14.2 Å². The first-order valence-corrected chi connectivity index (χ1v) is 13.1. The number of aromatic nitrogens is 1. The molecule has 1 N–H and O–H groups in total. The molecule has 1 aromatic heterocycles. The van der Waals surface area contributed by atoms with E-state index in [2.05, 4.69) is 4.98 Å². The highest BCUT2D eigenvalue weighted by Crippen LogP contribution is 2.45. The number of benzene rings is 3. The van der Waals surface area contributed by atoms with E-state index in [-0.39, 0.29) is 11.3 Å². The van der Waals surface area contributed by atoms with Gasteiger partial charge in [0.15, 0.2) is 16.6 Å². The number of carbonyl (C=O) groups excluding carboxylic acids is 2. The molecular formula is C29H24N2O6S. The Morgan fingerprint density at radius 2 is 1.82 bits per heavy atom. The van der Waals surface area contributed by atoms with Crippen LogP contribution in [0.4, 0.5) is 5.13 Å². The summed E-state index contributed by atoms with van der Waals surface area (Å²) in [6, 6.07) is 17.1. The number of anilines is 1. The molecule has 8 nitrogen and oxygen atoms in total. The minimum absolute atomic E-state index is 0.00945. The third-order valence-corrected chi connectivity index (χ3v) is 7.54. The second-order valence-electron chi connectivity index (χ2n) is 9.00. The van der Waals surface area contributed by atoms with Crippen molar-refractivity contribution in [2.75, 3.05) is 24.7 Å². The van der Waals surface area contributed by atoms with E-state index < -0.39 is 17.7 Å². The molecule has 4 aromatic rings. The molecule has 1 amide bonds. The summed E-state index contributed by atoms with van der Waals surface area (Å²) in [4.78, 5) is 33.0. The van der Waals surface area contributed by atoms with Gasteiger partial charge in [0.25, 0.3) is 5.78 Å². The molecule has 1 fully saturated rings. The van der Waals surface area contributed by atoms with Gasteiger partial charge >= 0.3 is 5.91 Å². The molecule has 0 saturated carbocycles. The summed E-state index contributed by atoms with van der Waals surface area (Å²) in [7, 11) is 0. The molecule has 38 heavy (non-hydrogen) atoms. The fourth-order valence-electron chi connectivity index (χ4n) is 4.69. The molecule has 6 rings (SSSR count). The van der Waals surface area contributed by atoms with Crippen LogP contribution < -0.4 is 19.1 Å². The summed E-state index contributed by atoms with van der Waals surface area (Å²) < 4.78 is 17.7. The van der Waals surface area contributed by atoms with Crippen LogP contribution >= 0.6 is 11.3 Å². The molecular weight excluding hydrogens is 504 g/mol. The van der Waals surface area contributed by atoms with Gasteiger partial charge in [0.1, 0.15) is 24.7 Å². The number of aryl methyl sites for hydroxylation is 1. The molecule has 1 saturated heterocycles. The second-order valence-corrected chi connectivity index (χ2v) is 10.0. The van der Waals surface area contributed by atoms with Gasteiger partial charge in [-0.25, -0.2) is 4.98 Å². The normalized spacial score (nSPS) is 18.3. The first kappa shape index (κ1) is 24.0. The number of rotatable bonds is 5. The molecule has 2 aliphatic heterocycles. The van der Waals surface area contributed by atoms with Crippen LogP contribution in [0.5, 0.6) is 17.2 Å². The first-order valence-electron chi connectivity index (χ1n) is 12.3. The number of amides is 1. The van der Waals surface area contributed by atoms with Crippen molar-refractivity contribution in [1.29, 1.82) is 0 Å². The molecule has 9 heteroatoms. The van der Waals surface area contributed by atoms with Crippen molar-refractivity contribution in [3.63, 3.8) is 0 Å². The summed E-state index contributed by atoms with van der Waals surface area (Å²) in [6.45, 7) is 5.21. The Morgan fingerprint density at radius 1 is 1.05 bits per heavy atom. The van der Waals surface area contributed by atoms with Crippen LogP contribution in [0.1, 0.15) is 29.7 Å². The van der Waals surface area contributed by atoms with Crippen LogP contribution in [-0.4, -0.2) is 41.6 Å². The highest BCUT2D eigenvalue weighted by Gasteiger charge is 2.48. The summed E-state index contributed by atoms with van der Waals surface area (Å²) in [5, 5.41) is 11.8. The Balaban J connectivity index is 1.51. The van der Waals surface area contributed by atoms with Gasteiger partial charge in [-0.2, -0.15) is 0 Å². The van der Waals surface area contributed by atoms with Gasteiger partial charge in [-0.3, -0.25) is 14.5 Å². The van der Waals surface area contributed by atoms with Gasteiger partial charge in [-0.05, 0) is 55.8 Å². The number of aliphatic hydroxyl groups excluding tert-OH is 1. The largest absolute Gasteiger partial charge is 0.507 e. The van der Waals surface area contributed by atoms with Gasteiger partial charge < -0.3 is 19.3 Å². The van der Waals surface area contributed by atoms with E-state index in [0.717, 1.165) is 10.3 Å². The van der Waals surface area contributed by atoms with Gasteiger partial charge in [0, 0.05) is 5.56 Å². The number of fused-ring (bicyclic) bond motifs is 2. The van der Waals surface area contributed by atoms with Crippen LogP contribution in [0.3, 0.4) is 0 Å². The van der Waals surface area contributed by atoms with Gasteiger partial charge in [0.2, 0.25) is 0 Å². The number of ketones is 1. The average Bonchev–Trinajstić information content (AvgIpc) is 3.46. The number of hydrogen-bond acceptors (Lipinski definition) is 8. The monoisotopic (exact) mass is 528 g/mol. The zero-order chi connectivity index (χ0) is 26.4. The molecule has 0 radical (unpaired) electrons. The minimum atomic E-state index is -0.865. The molecule has 0 bridgehead atoms. The highest BCUT2D eigenvalue weighted by molar-refractivity contribution is 7.22. The lowest BCUT2D eigenvalue weighted by Gasteiger charge is -2.23. The van der Waals surface area contributed by atoms with E-state index >= 15 is 0 Å². The van der Waals surface area contributed by atoms with E-state index in [1.165, 1.54) is 16.2 Å². The van der Waals surface area contributed by atoms with Crippen molar-refractivity contribution in [3.8, 4) is 17.2 Å². The zero-order valence-corrected chi connectivity index (χ0v) is 21.6. The summed E-state index contributed by atoms with van der Waals surface area (Å²) in [5.74, 6) is -0.0861. The fraction of sp³-hybridized carbons (Fsp3) is 0.207. The van der Waals surface area contributed by atoms with E-state index in [9.17, 15) is 14.7 Å². The lowest BCUT2D eigenvalue weighted by atomic mass is 9.94. The SMILES string of the molecule is CCOc1ccc2nc(N3C(=O)C(=O)/C(=C(/O)c4ccc5c(c4)OCCO5)C3c3ccc(C)cc3)sc2c1. The number of thiazole rings is 1. The summed E-state index contributed by atoms with van der Waals surface area (Å²) in [5.41, 5.74) is 2.74. The number of aliphatic hydroxyl groups is 1. The van der Waals surface area contributed by atoms with E-state index in [0.29, 0.717) is 58.8 Å². The Bertz CT molecular complexity index is 1610. The molecule has 1 atom stereocenters. The Labute approximate surface area is 222 Å². The Hall–Kier alpha value is -4.37. The van der Waals surface area contributed by atoms with Crippen molar-refractivity contribution < 1.29 is 28.9 Å². The molecule has 0 aliphatic carbocycles. The molecule has 3 aromatic carbocycles. The summed E-state index contributed by atoms with van der Waals surface area (Å²) >= 11 is 1.29. The van der Waals surface area contributed by atoms with Gasteiger partial charge in [0.05, 0.1) is 28.4 Å². The van der Waals surface area contributed by atoms with E-state index in [1.807, 2.05) is 56.3 Å². The predicted molar refractivity (Wildman–Crippen MR) is 144 cm³/mol. The van der Waals surface area contributed by atoms with Crippen LogP contribution in [0.25, 0.3) is 16.0 Å². The number of ether oxygens (including phenoxy) is 3. The quantitative estimate of drug-likeness (QED) is 0.210. The van der Waals surface area contributed by atoms with Crippen LogP contribution in [0, 0.1) is 6.92 Å². The molecule has 0 spiro atoms. The van der Waals surface area contributed by atoms with Crippen molar-refractivity contribution in [1.82, 2.24) is 4.98 Å². The molecule has 192 valence electrons. The highest BCUT2D eigenvalue weighted by atomic mass is 32.1. The maximum atomic E-state index is 13.5.